The molecule has 32 heavy (non-hydrogen) atoms. The lowest BCUT2D eigenvalue weighted by Crippen LogP contribution is -2.65. The minimum Gasteiger partial charge on any atom is -0.480 e. The zero-order valence-electron chi connectivity index (χ0n) is 18.5. The van der Waals surface area contributed by atoms with E-state index in [9.17, 15) is 24.8 Å². The number of amides is 1. The molecule has 5 saturated carbocycles. The van der Waals surface area contributed by atoms with Crippen molar-refractivity contribution in [3.8, 4) is 6.07 Å². The van der Waals surface area contributed by atoms with Crippen LogP contribution in [0, 0.1) is 34.5 Å². The quantitative estimate of drug-likeness (QED) is 0.488. The third-order valence-corrected chi connectivity index (χ3v) is 8.83. The molecule has 0 aromatic carbocycles. The maximum absolute atomic E-state index is 13.5. The van der Waals surface area contributed by atoms with Crippen LogP contribution < -0.4 is 11.1 Å². The zero-order valence-corrected chi connectivity index (χ0v) is 18.5. The lowest BCUT2D eigenvalue weighted by molar-refractivity contribution is -0.206. The summed E-state index contributed by atoms with van der Waals surface area (Å²) in [6, 6.07) is 0.365. The molecule has 4 bridgehead atoms. The van der Waals surface area contributed by atoms with Crippen molar-refractivity contribution in [2.75, 3.05) is 7.05 Å². The molecule has 0 spiro atoms. The van der Waals surface area contributed by atoms with Gasteiger partial charge in [-0.25, -0.2) is 0 Å². The minimum atomic E-state index is -1.09. The van der Waals surface area contributed by atoms with Gasteiger partial charge in [0.2, 0.25) is 5.91 Å². The molecule has 9 heteroatoms. The summed E-state index contributed by atoms with van der Waals surface area (Å²) in [5.74, 6) is -0.591. The van der Waals surface area contributed by atoms with Crippen molar-refractivity contribution in [2.24, 2.45) is 28.9 Å². The zero-order chi connectivity index (χ0) is 22.8. The Bertz CT molecular complexity index is 870. The van der Waals surface area contributed by atoms with E-state index in [1.807, 2.05) is 0 Å². The predicted octanol–water partition coefficient (Wildman–Crippen LogP) is 0.772. The average Bonchev–Trinajstić information content (AvgIpc) is 3.39. The molecular weight excluding hydrogens is 412 g/mol. The van der Waals surface area contributed by atoms with Gasteiger partial charge in [0.25, 0.3) is 0 Å². The molecule has 6 rings (SSSR count). The number of carboxylic acid groups (broad SMARTS) is 1. The summed E-state index contributed by atoms with van der Waals surface area (Å²) >= 11 is 0. The fourth-order valence-corrected chi connectivity index (χ4v) is 7.81. The van der Waals surface area contributed by atoms with Crippen molar-refractivity contribution in [1.29, 1.82) is 5.26 Å². The lowest BCUT2D eigenvalue weighted by Gasteiger charge is -2.62. The van der Waals surface area contributed by atoms with Crippen LogP contribution in [0.25, 0.3) is 0 Å². The second kappa shape index (κ2) is 7.42. The van der Waals surface area contributed by atoms with E-state index in [4.69, 9.17) is 10.5 Å². The van der Waals surface area contributed by atoms with E-state index in [2.05, 4.69) is 11.4 Å². The van der Waals surface area contributed by atoms with Gasteiger partial charge in [0.05, 0.1) is 18.5 Å². The third-order valence-electron chi connectivity index (χ3n) is 8.83. The number of fused-ring (bicyclic) bond motifs is 1. The van der Waals surface area contributed by atoms with Crippen molar-refractivity contribution in [1.82, 2.24) is 10.2 Å². The first-order valence-electron chi connectivity index (χ1n) is 11.8. The Hall–Kier alpha value is -2.18. The topological polar surface area (TPSA) is 146 Å². The number of ether oxygens (including phenoxy) is 1. The summed E-state index contributed by atoms with van der Waals surface area (Å²) in [6.07, 6.45) is 6.29. The van der Waals surface area contributed by atoms with Gasteiger partial charge in [0.15, 0.2) is 0 Å². The Morgan fingerprint density at radius 1 is 1.22 bits per heavy atom. The molecule has 2 unspecified atom stereocenters. The molecule has 0 radical (unpaired) electrons. The van der Waals surface area contributed by atoms with Gasteiger partial charge in [-0.05, 0) is 81.6 Å². The fourth-order valence-electron chi connectivity index (χ4n) is 7.81. The molecule has 4 N–H and O–H groups in total. The molecule has 1 aliphatic heterocycles. The van der Waals surface area contributed by atoms with E-state index in [1.54, 1.807) is 4.90 Å². The number of nitrogens with zero attached hydrogens (tertiary/aromatic N) is 2. The monoisotopic (exact) mass is 444 g/mol. The molecule has 1 saturated heterocycles. The number of piperidine rings is 1. The highest BCUT2D eigenvalue weighted by Gasteiger charge is 2.64. The number of carbonyl (C=O) groups excluding carboxylic acids is 2. The van der Waals surface area contributed by atoms with Gasteiger partial charge in [0.1, 0.15) is 17.7 Å². The maximum atomic E-state index is 13.5. The van der Waals surface area contributed by atoms with Gasteiger partial charge in [-0.1, -0.05) is 0 Å². The highest BCUT2D eigenvalue weighted by Crippen LogP contribution is 2.64. The SMILES string of the molecule is CN[C@@H](CC(=O)OC12CC3CC(C1)CC([C@H](N)C(=O)N1[C@H](C#N)C[C@@H]4C[C@@H]41)(C3)C2)C(=O)O. The summed E-state index contributed by atoms with van der Waals surface area (Å²) in [5.41, 5.74) is 5.60. The van der Waals surface area contributed by atoms with Crippen LogP contribution in [-0.4, -0.2) is 64.7 Å². The van der Waals surface area contributed by atoms with Crippen molar-refractivity contribution in [3.05, 3.63) is 0 Å². The molecule has 0 aromatic rings. The Balaban J connectivity index is 1.34. The van der Waals surface area contributed by atoms with Gasteiger partial charge in [-0.2, -0.15) is 5.26 Å². The molecule has 1 amide bonds. The standard InChI is InChI=1S/C23H32N4O5/c1-26-16(21(30)31)5-18(28)32-23-8-12-2-13(9-23)7-22(6-12,11-23)19(25)20(29)27-15(10-24)3-14-4-17(14)27/h12-17,19,26H,2-9,11,25H2,1H3,(H,30,31)/t12?,13?,14-,15+,16+,17+,19-,22?,23?/m1/s1. The molecule has 7 atom stereocenters. The highest BCUT2D eigenvalue weighted by molar-refractivity contribution is 5.85. The lowest BCUT2D eigenvalue weighted by atomic mass is 9.46. The second-order valence-corrected chi connectivity index (χ2v) is 11.0. The van der Waals surface area contributed by atoms with Crippen LogP contribution in [0.3, 0.4) is 0 Å². The molecule has 0 aromatic heterocycles. The van der Waals surface area contributed by atoms with Crippen molar-refractivity contribution in [2.45, 2.75) is 87.6 Å². The van der Waals surface area contributed by atoms with Crippen LogP contribution >= 0.6 is 0 Å². The van der Waals surface area contributed by atoms with Crippen LogP contribution in [-0.2, 0) is 19.1 Å². The van der Waals surface area contributed by atoms with E-state index in [0.29, 0.717) is 24.2 Å². The fraction of sp³-hybridized carbons (Fsp3) is 0.826. The van der Waals surface area contributed by atoms with Crippen LogP contribution in [0.2, 0.25) is 0 Å². The maximum Gasteiger partial charge on any atom is 0.321 e. The number of likely N-dealkylation sites (tertiary alicyclic amines) is 1. The summed E-state index contributed by atoms with van der Waals surface area (Å²) in [6.45, 7) is 0. The third kappa shape index (κ3) is 3.39. The molecule has 1 heterocycles. The second-order valence-electron chi connectivity index (χ2n) is 11.0. The molecule has 174 valence electrons. The molecular formula is C23H32N4O5. The number of carboxylic acids is 1. The first-order valence-corrected chi connectivity index (χ1v) is 11.8. The molecule has 6 fully saturated rings. The Morgan fingerprint density at radius 2 is 1.91 bits per heavy atom. The van der Waals surface area contributed by atoms with Crippen molar-refractivity contribution >= 4 is 17.8 Å². The number of carbonyl (C=O) groups is 3. The van der Waals surface area contributed by atoms with E-state index < -0.39 is 35.0 Å². The minimum absolute atomic E-state index is 0.119. The number of nitrogens with one attached hydrogen (secondary N) is 1. The van der Waals surface area contributed by atoms with Crippen molar-refractivity contribution in [3.63, 3.8) is 0 Å². The number of rotatable bonds is 7. The number of likely N-dealkylation sites (N-methyl/N-ethyl adjacent to an activating group) is 1. The highest BCUT2D eigenvalue weighted by atomic mass is 16.6. The molecule has 5 aliphatic carbocycles. The summed E-state index contributed by atoms with van der Waals surface area (Å²) in [4.78, 5) is 39.3. The Morgan fingerprint density at radius 3 is 2.50 bits per heavy atom. The number of aliphatic carboxylic acids is 1. The van der Waals surface area contributed by atoms with Gasteiger partial charge in [-0.15, -0.1) is 0 Å². The number of nitrogens with two attached hydrogens (primary N) is 1. The van der Waals surface area contributed by atoms with Crippen LogP contribution in [0.4, 0.5) is 0 Å². The van der Waals surface area contributed by atoms with Gasteiger partial charge in [0, 0.05) is 6.04 Å². The first kappa shape index (κ1) is 21.7. The Kier molecular flexibility index (Phi) is 5.02. The van der Waals surface area contributed by atoms with Gasteiger partial charge < -0.3 is 25.8 Å². The molecule has 6 aliphatic rings. The predicted molar refractivity (Wildman–Crippen MR) is 112 cm³/mol. The number of hydrogen-bond acceptors (Lipinski definition) is 7. The smallest absolute Gasteiger partial charge is 0.321 e. The van der Waals surface area contributed by atoms with Crippen LogP contribution in [0.1, 0.15) is 57.8 Å². The molecule has 9 nitrogen and oxygen atoms in total. The first-order chi connectivity index (χ1) is 15.2. The van der Waals surface area contributed by atoms with Gasteiger partial charge in [-0.3, -0.25) is 14.4 Å². The van der Waals surface area contributed by atoms with Gasteiger partial charge >= 0.3 is 11.9 Å². The van der Waals surface area contributed by atoms with E-state index in [1.165, 1.54) is 7.05 Å². The van der Waals surface area contributed by atoms with Crippen LogP contribution in [0.5, 0.6) is 0 Å². The van der Waals surface area contributed by atoms with Crippen molar-refractivity contribution < 1.29 is 24.2 Å². The summed E-state index contributed by atoms with van der Waals surface area (Å²) in [7, 11) is 1.51. The van der Waals surface area contributed by atoms with E-state index >= 15 is 0 Å². The normalized spacial score (nSPS) is 42.7. The van der Waals surface area contributed by atoms with E-state index in [0.717, 1.165) is 44.9 Å². The summed E-state index contributed by atoms with van der Waals surface area (Å²) in [5, 5.41) is 21.4. The van der Waals surface area contributed by atoms with E-state index in [-0.39, 0.29) is 24.4 Å². The summed E-state index contributed by atoms with van der Waals surface area (Å²) < 4.78 is 6.01. The average molecular weight is 445 g/mol. The largest absolute Gasteiger partial charge is 0.480 e. The number of nitriles is 1. The number of hydrogen-bond donors (Lipinski definition) is 3. The Labute approximate surface area is 187 Å². The number of esters is 1. The van der Waals surface area contributed by atoms with Crippen LogP contribution in [0.15, 0.2) is 0 Å².